The van der Waals surface area contributed by atoms with Crippen molar-refractivity contribution in [3.8, 4) is 10.6 Å². The van der Waals surface area contributed by atoms with Gasteiger partial charge in [0.1, 0.15) is 11.6 Å². The minimum absolute atomic E-state index is 0.0802. The van der Waals surface area contributed by atoms with Crippen LogP contribution in [0.3, 0.4) is 0 Å². The third-order valence-corrected chi connectivity index (χ3v) is 5.83. The highest BCUT2D eigenvalue weighted by Gasteiger charge is 2.10. The van der Waals surface area contributed by atoms with E-state index in [9.17, 15) is 9.59 Å². The first-order valence-corrected chi connectivity index (χ1v) is 10.5. The number of carbonyl (C=O) groups is 1. The van der Waals surface area contributed by atoms with Gasteiger partial charge in [0.05, 0.1) is 22.2 Å². The number of benzene rings is 2. The van der Waals surface area contributed by atoms with E-state index in [4.69, 9.17) is 0 Å². The smallest absolute Gasteiger partial charge is 0.254 e. The number of aryl methyl sites for hydroxylation is 1. The summed E-state index contributed by atoms with van der Waals surface area (Å²) in [4.78, 5) is 33.4. The lowest BCUT2D eigenvalue weighted by molar-refractivity contribution is -0.116. The predicted molar refractivity (Wildman–Crippen MR) is 121 cm³/mol. The highest BCUT2D eigenvalue weighted by Crippen LogP contribution is 2.31. The second kappa shape index (κ2) is 8.20. The fourth-order valence-corrected chi connectivity index (χ4v) is 4.15. The topological polar surface area (TPSA) is 76.9 Å². The molecular formula is C23H22N4O2S. The molecule has 0 saturated carbocycles. The molecule has 2 aromatic carbocycles. The first-order chi connectivity index (χ1) is 14.4. The van der Waals surface area contributed by atoms with Gasteiger partial charge in [0.15, 0.2) is 0 Å². The van der Waals surface area contributed by atoms with E-state index >= 15 is 0 Å². The Kier molecular flexibility index (Phi) is 5.46. The van der Waals surface area contributed by atoms with Gasteiger partial charge >= 0.3 is 0 Å². The summed E-state index contributed by atoms with van der Waals surface area (Å²) in [5.41, 5.74) is 4.35. The normalized spacial score (nSPS) is 11.2. The van der Waals surface area contributed by atoms with Crippen LogP contribution in [0.5, 0.6) is 0 Å². The molecule has 0 saturated heterocycles. The highest BCUT2D eigenvalue weighted by molar-refractivity contribution is 7.21. The Bertz CT molecular complexity index is 1270. The molecule has 4 rings (SSSR count). The van der Waals surface area contributed by atoms with E-state index in [2.05, 4.69) is 34.3 Å². The number of hydrogen-bond acceptors (Lipinski definition) is 5. The average molecular weight is 419 g/mol. The molecule has 0 spiro atoms. The summed E-state index contributed by atoms with van der Waals surface area (Å²) in [6, 6.07) is 15.3. The summed E-state index contributed by atoms with van der Waals surface area (Å²) in [6.45, 7) is 5.93. The van der Waals surface area contributed by atoms with Crippen LogP contribution in [-0.2, 0) is 11.3 Å². The number of thiazole rings is 1. The fourth-order valence-electron chi connectivity index (χ4n) is 3.08. The maximum Gasteiger partial charge on any atom is 0.254 e. The third-order valence-electron chi connectivity index (χ3n) is 4.77. The monoisotopic (exact) mass is 418 g/mol. The minimum atomic E-state index is -0.278. The van der Waals surface area contributed by atoms with Gasteiger partial charge < -0.3 is 5.32 Å². The van der Waals surface area contributed by atoms with Crippen molar-refractivity contribution in [1.82, 2.24) is 14.5 Å². The molecule has 0 aliphatic rings. The van der Waals surface area contributed by atoms with E-state index in [-0.39, 0.29) is 23.9 Å². The second-order valence-electron chi connectivity index (χ2n) is 7.55. The Morgan fingerprint density at radius 3 is 2.60 bits per heavy atom. The lowest BCUT2D eigenvalue weighted by Crippen LogP contribution is -2.28. The summed E-state index contributed by atoms with van der Waals surface area (Å²) >= 11 is 1.65. The molecule has 2 heterocycles. The fraction of sp³-hybridized carbons (Fsp3) is 0.217. The summed E-state index contributed by atoms with van der Waals surface area (Å²) < 4.78 is 2.46. The molecule has 0 unspecified atom stereocenters. The number of nitrogens with zero attached hydrogens (tertiary/aromatic N) is 3. The molecule has 0 atom stereocenters. The molecule has 1 N–H and O–H groups in total. The van der Waals surface area contributed by atoms with E-state index in [1.807, 2.05) is 44.2 Å². The Morgan fingerprint density at radius 2 is 1.90 bits per heavy atom. The second-order valence-corrected chi connectivity index (χ2v) is 8.58. The van der Waals surface area contributed by atoms with Crippen LogP contribution in [0.2, 0.25) is 0 Å². The van der Waals surface area contributed by atoms with Gasteiger partial charge in [0.25, 0.3) is 5.56 Å². The summed E-state index contributed by atoms with van der Waals surface area (Å²) in [7, 11) is 0. The van der Waals surface area contributed by atoms with Crippen LogP contribution >= 0.6 is 11.3 Å². The number of carbonyl (C=O) groups excluding carboxylic acids is 1. The zero-order chi connectivity index (χ0) is 21.3. The van der Waals surface area contributed by atoms with E-state index in [0.29, 0.717) is 5.69 Å². The van der Waals surface area contributed by atoms with E-state index < -0.39 is 0 Å². The maximum atomic E-state index is 12.3. The zero-order valence-corrected chi connectivity index (χ0v) is 17.9. The minimum Gasteiger partial charge on any atom is -0.325 e. The quantitative estimate of drug-likeness (QED) is 0.514. The van der Waals surface area contributed by atoms with Crippen LogP contribution in [0.1, 0.15) is 31.0 Å². The summed E-state index contributed by atoms with van der Waals surface area (Å²) in [6.07, 6.45) is 1.43. The van der Waals surface area contributed by atoms with E-state index in [0.717, 1.165) is 26.5 Å². The number of rotatable bonds is 5. The summed E-state index contributed by atoms with van der Waals surface area (Å²) in [5.74, 6) is -0.112. The van der Waals surface area contributed by atoms with Crippen LogP contribution in [0.25, 0.3) is 20.8 Å². The van der Waals surface area contributed by atoms with Gasteiger partial charge in [-0.3, -0.25) is 14.2 Å². The van der Waals surface area contributed by atoms with E-state index in [1.165, 1.54) is 22.5 Å². The summed E-state index contributed by atoms with van der Waals surface area (Å²) in [5, 5.41) is 3.77. The molecular weight excluding hydrogens is 396 g/mol. The number of fused-ring (bicyclic) bond motifs is 1. The molecule has 152 valence electrons. The average Bonchev–Trinajstić information content (AvgIpc) is 3.13. The van der Waals surface area contributed by atoms with Crippen LogP contribution in [0, 0.1) is 6.92 Å². The Hall–Kier alpha value is -3.32. The molecule has 0 radical (unpaired) electrons. The molecule has 30 heavy (non-hydrogen) atoms. The van der Waals surface area contributed by atoms with Crippen molar-refractivity contribution < 1.29 is 4.79 Å². The van der Waals surface area contributed by atoms with Crippen molar-refractivity contribution in [3.63, 3.8) is 0 Å². The number of aromatic nitrogens is 3. The van der Waals surface area contributed by atoms with Gasteiger partial charge in [-0.15, -0.1) is 11.3 Å². The van der Waals surface area contributed by atoms with E-state index in [1.54, 1.807) is 11.3 Å². The number of anilines is 1. The van der Waals surface area contributed by atoms with Crippen molar-refractivity contribution in [2.75, 3.05) is 5.32 Å². The Morgan fingerprint density at radius 1 is 1.13 bits per heavy atom. The lowest BCUT2D eigenvalue weighted by Gasteiger charge is -2.09. The van der Waals surface area contributed by atoms with Crippen molar-refractivity contribution >= 4 is 33.1 Å². The van der Waals surface area contributed by atoms with Crippen LogP contribution in [0.4, 0.5) is 5.69 Å². The zero-order valence-electron chi connectivity index (χ0n) is 17.0. The molecule has 0 aliphatic heterocycles. The van der Waals surface area contributed by atoms with Crippen molar-refractivity contribution in [1.29, 1.82) is 0 Å². The van der Waals surface area contributed by atoms with Crippen LogP contribution < -0.4 is 10.9 Å². The van der Waals surface area contributed by atoms with Gasteiger partial charge in [-0.05, 0) is 54.8 Å². The maximum absolute atomic E-state index is 12.3. The van der Waals surface area contributed by atoms with Gasteiger partial charge in [0.2, 0.25) is 5.91 Å². The molecule has 4 aromatic rings. The Balaban J connectivity index is 1.45. The SMILES string of the molecule is Cc1ccc2nc(-c3ccc(NC(=O)Cn4cnc(C(C)C)cc4=O)cc3)sc2c1. The number of hydrogen-bond donors (Lipinski definition) is 1. The molecule has 0 bridgehead atoms. The highest BCUT2D eigenvalue weighted by atomic mass is 32.1. The molecule has 6 nitrogen and oxygen atoms in total. The first-order valence-electron chi connectivity index (χ1n) is 9.73. The molecule has 1 amide bonds. The van der Waals surface area contributed by atoms with Gasteiger partial charge in [-0.2, -0.15) is 0 Å². The molecule has 0 fully saturated rings. The molecule has 7 heteroatoms. The Labute approximate surface area is 178 Å². The number of amides is 1. The van der Waals surface area contributed by atoms with Crippen molar-refractivity contribution in [3.05, 3.63) is 76.5 Å². The molecule has 2 aromatic heterocycles. The van der Waals surface area contributed by atoms with Crippen LogP contribution in [-0.4, -0.2) is 20.4 Å². The van der Waals surface area contributed by atoms with Crippen molar-refractivity contribution in [2.24, 2.45) is 0 Å². The predicted octanol–water partition coefficient (Wildman–Crippen LogP) is 4.59. The van der Waals surface area contributed by atoms with Gasteiger partial charge in [0, 0.05) is 17.3 Å². The standard InChI is InChI=1S/C23H22N4O2S/c1-14(2)19-11-22(29)27(13-24-19)12-21(28)25-17-7-5-16(6-8-17)23-26-18-9-4-15(3)10-20(18)30-23/h4-11,13-14H,12H2,1-3H3,(H,25,28). The lowest BCUT2D eigenvalue weighted by atomic mass is 10.1. The van der Waals surface area contributed by atoms with Crippen LogP contribution in [0.15, 0.2) is 59.7 Å². The van der Waals surface area contributed by atoms with Gasteiger partial charge in [-0.25, -0.2) is 9.97 Å². The van der Waals surface area contributed by atoms with Gasteiger partial charge in [-0.1, -0.05) is 19.9 Å². The molecule has 0 aliphatic carbocycles. The third kappa shape index (κ3) is 4.31. The largest absolute Gasteiger partial charge is 0.325 e. The van der Waals surface area contributed by atoms with Crippen molar-refractivity contribution in [2.45, 2.75) is 33.2 Å². The number of nitrogens with one attached hydrogen (secondary N) is 1. The first kappa shape index (κ1) is 20.0.